The van der Waals surface area contributed by atoms with Crippen LogP contribution in [-0.4, -0.2) is 68.7 Å². The largest absolute Gasteiger partial charge is 0.379 e. The monoisotopic (exact) mass is 541 g/mol. The van der Waals surface area contributed by atoms with Gasteiger partial charge in [-0.2, -0.15) is 0 Å². The molecular formula is C23H36IN5O2. The number of carbonyl (C=O) groups is 1. The second kappa shape index (κ2) is 11.5. The number of aliphatic imine (C=N–C) groups is 1. The first-order valence-corrected chi connectivity index (χ1v) is 11.4. The van der Waals surface area contributed by atoms with Gasteiger partial charge in [0.1, 0.15) is 0 Å². The number of benzene rings is 1. The number of nitrogens with one attached hydrogen (secondary N) is 3. The van der Waals surface area contributed by atoms with Crippen LogP contribution in [0.25, 0.3) is 0 Å². The molecule has 1 saturated carbocycles. The van der Waals surface area contributed by atoms with Gasteiger partial charge in [0.25, 0.3) is 0 Å². The summed E-state index contributed by atoms with van der Waals surface area (Å²) in [5.41, 5.74) is 2.31. The number of anilines is 1. The molecule has 1 atom stereocenters. The molecule has 2 fully saturated rings. The van der Waals surface area contributed by atoms with Gasteiger partial charge in [0, 0.05) is 56.8 Å². The summed E-state index contributed by atoms with van der Waals surface area (Å²) in [4.78, 5) is 19.2. The zero-order valence-corrected chi connectivity index (χ0v) is 20.8. The van der Waals surface area contributed by atoms with Crippen LogP contribution in [0.4, 0.5) is 5.69 Å². The fourth-order valence-electron chi connectivity index (χ4n) is 5.23. The number of ether oxygens (including phenoxy) is 1. The van der Waals surface area contributed by atoms with E-state index in [1.54, 1.807) is 0 Å². The highest BCUT2D eigenvalue weighted by molar-refractivity contribution is 14.0. The molecule has 1 aromatic rings. The third-order valence-corrected chi connectivity index (χ3v) is 6.90. The molecule has 1 unspecified atom stereocenters. The van der Waals surface area contributed by atoms with Gasteiger partial charge in [0.15, 0.2) is 5.96 Å². The van der Waals surface area contributed by atoms with Crippen LogP contribution in [0.1, 0.15) is 50.0 Å². The van der Waals surface area contributed by atoms with Gasteiger partial charge >= 0.3 is 0 Å². The average molecular weight is 541 g/mol. The lowest BCUT2D eigenvalue weighted by atomic mass is 9.80. The van der Waals surface area contributed by atoms with Crippen LogP contribution in [0.15, 0.2) is 29.3 Å². The maximum atomic E-state index is 12.1. The molecule has 0 aromatic heterocycles. The quantitative estimate of drug-likeness (QED) is 0.304. The van der Waals surface area contributed by atoms with E-state index in [1.807, 2.05) is 25.2 Å². The summed E-state index contributed by atoms with van der Waals surface area (Å²) in [5.74, 6) is 1.05. The van der Waals surface area contributed by atoms with Gasteiger partial charge in [0.2, 0.25) is 5.91 Å². The number of morpholine rings is 1. The summed E-state index contributed by atoms with van der Waals surface area (Å²) >= 11 is 0. The van der Waals surface area contributed by atoms with Crippen molar-refractivity contribution in [2.24, 2.45) is 4.99 Å². The Labute approximate surface area is 202 Å². The van der Waals surface area contributed by atoms with Gasteiger partial charge in [-0.05, 0) is 24.5 Å². The standard InChI is InChI=1S/C23H35N5O2.HI/c1-24-22(25-16-18-15-21(29)27-20-8-4-3-7-19(18)20)26-17-23(9-5-2-6-10-23)28-11-13-30-14-12-28;/h3-4,7-8,18H,2,5-6,9-17H2,1H3,(H,27,29)(H2,24,25,26);1H. The van der Waals surface area contributed by atoms with Crippen LogP contribution >= 0.6 is 24.0 Å². The van der Waals surface area contributed by atoms with Gasteiger partial charge in [-0.3, -0.25) is 14.7 Å². The average Bonchev–Trinajstić information content (AvgIpc) is 2.80. The molecule has 4 rings (SSSR count). The zero-order chi connectivity index (χ0) is 20.8. The maximum absolute atomic E-state index is 12.1. The van der Waals surface area contributed by atoms with Crippen LogP contribution in [-0.2, 0) is 9.53 Å². The van der Waals surface area contributed by atoms with E-state index in [2.05, 4.69) is 31.9 Å². The normalized spacial score (nSPS) is 23.8. The number of para-hydroxylation sites is 1. The number of amides is 1. The fraction of sp³-hybridized carbons (Fsp3) is 0.652. The summed E-state index contributed by atoms with van der Waals surface area (Å²) in [5, 5.41) is 10.1. The van der Waals surface area contributed by atoms with Crippen LogP contribution in [0.5, 0.6) is 0 Å². The molecule has 1 amide bonds. The van der Waals surface area contributed by atoms with Gasteiger partial charge in [-0.1, -0.05) is 37.5 Å². The Morgan fingerprint density at radius 3 is 2.68 bits per heavy atom. The van der Waals surface area contributed by atoms with E-state index in [4.69, 9.17) is 4.74 Å². The van der Waals surface area contributed by atoms with Crippen molar-refractivity contribution in [1.82, 2.24) is 15.5 Å². The lowest BCUT2D eigenvalue weighted by molar-refractivity contribution is -0.116. The number of halogens is 1. The number of guanidine groups is 1. The Bertz CT molecular complexity index is 760. The van der Waals surface area contributed by atoms with Gasteiger partial charge in [0.05, 0.1) is 13.2 Å². The Morgan fingerprint density at radius 2 is 1.94 bits per heavy atom. The molecule has 0 bridgehead atoms. The van der Waals surface area contributed by atoms with E-state index in [1.165, 1.54) is 37.7 Å². The number of nitrogens with zero attached hydrogens (tertiary/aromatic N) is 2. The van der Waals surface area contributed by atoms with Crippen molar-refractivity contribution in [1.29, 1.82) is 0 Å². The van der Waals surface area contributed by atoms with E-state index in [0.29, 0.717) is 13.0 Å². The van der Waals surface area contributed by atoms with Crippen LogP contribution < -0.4 is 16.0 Å². The van der Waals surface area contributed by atoms with Crippen molar-refractivity contribution in [3.63, 3.8) is 0 Å². The predicted molar refractivity (Wildman–Crippen MR) is 135 cm³/mol. The second-order valence-electron chi connectivity index (χ2n) is 8.73. The van der Waals surface area contributed by atoms with E-state index in [0.717, 1.165) is 44.5 Å². The molecular weight excluding hydrogens is 505 g/mol. The molecule has 3 aliphatic rings. The van der Waals surface area contributed by atoms with Crippen LogP contribution in [0.3, 0.4) is 0 Å². The summed E-state index contributed by atoms with van der Waals surface area (Å²) in [6.45, 7) is 5.28. The summed E-state index contributed by atoms with van der Waals surface area (Å²) in [6.07, 6.45) is 6.87. The molecule has 1 saturated heterocycles. The number of rotatable bonds is 5. The molecule has 7 nitrogen and oxygen atoms in total. The molecule has 1 aromatic carbocycles. The first-order chi connectivity index (χ1) is 14.7. The zero-order valence-electron chi connectivity index (χ0n) is 18.5. The fourth-order valence-corrected chi connectivity index (χ4v) is 5.23. The Balaban J connectivity index is 0.00000272. The minimum absolute atomic E-state index is 0. The molecule has 1 aliphatic carbocycles. The second-order valence-corrected chi connectivity index (χ2v) is 8.73. The lowest BCUT2D eigenvalue weighted by Crippen LogP contribution is -2.60. The minimum atomic E-state index is 0. The lowest BCUT2D eigenvalue weighted by Gasteiger charge is -2.48. The molecule has 8 heteroatoms. The van der Waals surface area contributed by atoms with Crippen LogP contribution in [0, 0.1) is 0 Å². The van der Waals surface area contributed by atoms with Gasteiger partial charge < -0.3 is 20.7 Å². The first-order valence-electron chi connectivity index (χ1n) is 11.4. The van der Waals surface area contributed by atoms with Crippen molar-refractivity contribution in [3.05, 3.63) is 29.8 Å². The number of fused-ring (bicyclic) bond motifs is 1. The topological polar surface area (TPSA) is 78.0 Å². The third-order valence-electron chi connectivity index (χ3n) is 6.90. The highest BCUT2D eigenvalue weighted by Gasteiger charge is 2.38. The molecule has 0 radical (unpaired) electrons. The van der Waals surface area contributed by atoms with E-state index in [-0.39, 0.29) is 41.3 Å². The van der Waals surface area contributed by atoms with E-state index < -0.39 is 0 Å². The number of hydrogen-bond donors (Lipinski definition) is 3. The summed E-state index contributed by atoms with van der Waals surface area (Å²) < 4.78 is 5.59. The molecule has 172 valence electrons. The first kappa shape index (κ1) is 24.3. The summed E-state index contributed by atoms with van der Waals surface area (Å²) in [6, 6.07) is 8.07. The van der Waals surface area contributed by atoms with Crippen molar-refractivity contribution >= 4 is 41.5 Å². The van der Waals surface area contributed by atoms with Crippen LogP contribution in [0.2, 0.25) is 0 Å². The molecule has 2 heterocycles. The van der Waals surface area contributed by atoms with Gasteiger partial charge in [-0.15, -0.1) is 24.0 Å². The molecule has 2 aliphatic heterocycles. The predicted octanol–water partition coefficient (Wildman–Crippen LogP) is 2.93. The van der Waals surface area contributed by atoms with Crippen molar-refractivity contribution < 1.29 is 9.53 Å². The number of hydrogen-bond acceptors (Lipinski definition) is 4. The molecule has 31 heavy (non-hydrogen) atoms. The van der Waals surface area contributed by atoms with E-state index >= 15 is 0 Å². The molecule has 0 spiro atoms. The summed E-state index contributed by atoms with van der Waals surface area (Å²) in [7, 11) is 1.82. The number of carbonyl (C=O) groups excluding carboxylic acids is 1. The SMILES string of the molecule is CN=C(NCC1CC(=O)Nc2ccccc21)NCC1(N2CCOCC2)CCCCC1.I. The smallest absolute Gasteiger partial charge is 0.225 e. The molecule has 3 N–H and O–H groups in total. The minimum Gasteiger partial charge on any atom is -0.379 e. The Morgan fingerprint density at radius 1 is 1.19 bits per heavy atom. The van der Waals surface area contributed by atoms with Crippen molar-refractivity contribution in [3.8, 4) is 0 Å². The highest BCUT2D eigenvalue weighted by Crippen LogP contribution is 2.34. The maximum Gasteiger partial charge on any atom is 0.225 e. The van der Waals surface area contributed by atoms with Crippen molar-refractivity contribution in [2.75, 3.05) is 51.8 Å². The van der Waals surface area contributed by atoms with Gasteiger partial charge in [-0.25, -0.2) is 0 Å². The highest BCUT2D eigenvalue weighted by atomic mass is 127. The Hall–Kier alpha value is -1.39. The van der Waals surface area contributed by atoms with Crippen molar-refractivity contribution in [2.45, 2.75) is 50.0 Å². The van der Waals surface area contributed by atoms with E-state index in [9.17, 15) is 4.79 Å². The Kier molecular flexibility index (Phi) is 8.97. The third kappa shape index (κ3) is 5.90.